The van der Waals surface area contributed by atoms with Crippen LogP contribution in [0.1, 0.15) is 20.8 Å². The van der Waals surface area contributed by atoms with Gasteiger partial charge in [0.2, 0.25) is 0 Å². The van der Waals surface area contributed by atoms with Gasteiger partial charge < -0.3 is 4.90 Å². The third-order valence-corrected chi connectivity index (χ3v) is 3.38. The lowest BCUT2D eigenvalue weighted by Crippen LogP contribution is -2.42. The molecule has 2 aromatic carbocycles. The first-order valence-corrected chi connectivity index (χ1v) is 6.83. The van der Waals surface area contributed by atoms with E-state index in [1.54, 1.807) is 0 Å². The molecule has 0 radical (unpaired) electrons. The summed E-state index contributed by atoms with van der Waals surface area (Å²) in [5.41, 5.74) is 5.22. The Kier molecular flexibility index (Phi) is 3.75. The summed E-state index contributed by atoms with van der Waals surface area (Å²) in [5.74, 6) is 0. The molecular formula is C16H21B2N. The van der Waals surface area contributed by atoms with Crippen molar-refractivity contribution in [2.75, 3.05) is 4.90 Å². The Labute approximate surface area is 118 Å². The summed E-state index contributed by atoms with van der Waals surface area (Å²) >= 11 is 0. The maximum atomic E-state index is 2.43. The molecule has 0 aliphatic carbocycles. The molecule has 0 heterocycles. The molecule has 0 amide bonds. The highest BCUT2D eigenvalue weighted by Gasteiger charge is 2.25. The van der Waals surface area contributed by atoms with Crippen LogP contribution in [-0.2, 0) is 0 Å². The minimum Gasteiger partial charge on any atom is -0.337 e. The minimum absolute atomic E-state index is 0.0399. The van der Waals surface area contributed by atoms with E-state index < -0.39 is 0 Å². The Morgan fingerprint density at radius 3 is 1.42 bits per heavy atom. The summed E-state index contributed by atoms with van der Waals surface area (Å²) in [6.45, 7) is 6.77. The minimum atomic E-state index is 0.0399. The van der Waals surface area contributed by atoms with Gasteiger partial charge in [-0.25, -0.2) is 0 Å². The van der Waals surface area contributed by atoms with Crippen molar-refractivity contribution in [2.45, 2.75) is 26.3 Å². The third-order valence-electron chi connectivity index (χ3n) is 3.38. The molecule has 0 aromatic heterocycles. The molecule has 0 bridgehead atoms. The highest BCUT2D eigenvalue weighted by Crippen LogP contribution is 2.30. The van der Waals surface area contributed by atoms with Gasteiger partial charge in [0.1, 0.15) is 15.7 Å². The van der Waals surface area contributed by atoms with Gasteiger partial charge in [-0.3, -0.25) is 0 Å². The molecule has 1 nitrogen and oxygen atoms in total. The molecule has 0 aliphatic rings. The van der Waals surface area contributed by atoms with Crippen molar-refractivity contribution in [3.8, 4) is 0 Å². The van der Waals surface area contributed by atoms with Gasteiger partial charge in [0.05, 0.1) is 0 Å². The zero-order valence-electron chi connectivity index (χ0n) is 12.6. The van der Waals surface area contributed by atoms with Crippen molar-refractivity contribution < 1.29 is 0 Å². The summed E-state index contributed by atoms with van der Waals surface area (Å²) in [5, 5.41) is 0. The lowest BCUT2D eigenvalue weighted by molar-refractivity contribution is 0.562. The molecule has 0 fully saturated rings. The highest BCUT2D eigenvalue weighted by molar-refractivity contribution is 6.38. The quantitative estimate of drug-likeness (QED) is 0.721. The lowest BCUT2D eigenvalue weighted by Gasteiger charge is -2.40. The number of rotatable bonds is 2. The van der Waals surface area contributed by atoms with Crippen LogP contribution in [0.25, 0.3) is 0 Å². The van der Waals surface area contributed by atoms with Crippen molar-refractivity contribution in [3.63, 3.8) is 0 Å². The topological polar surface area (TPSA) is 3.24 Å². The SMILES string of the molecule is Bc1ccccc1N(c1ccccc1B)C(C)(C)C. The van der Waals surface area contributed by atoms with Gasteiger partial charge in [0.15, 0.2) is 0 Å². The van der Waals surface area contributed by atoms with E-state index in [9.17, 15) is 0 Å². The van der Waals surface area contributed by atoms with Gasteiger partial charge >= 0.3 is 0 Å². The van der Waals surface area contributed by atoms with Crippen LogP contribution in [0.3, 0.4) is 0 Å². The number of para-hydroxylation sites is 2. The maximum absolute atomic E-state index is 2.43. The molecule has 96 valence electrons. The second-order valence-electron chi connectivity index (χ2n) is 6.08. The van der Waals surface area contributed by atoms with Gasteiger partial charge in [0.25, 0.3) is 0 Å². The zero-order valence-corrected chi connectivity index (χ0v) is 12.6. The van der Waals surface area contributed by atoms with E-state index in [4.69, 9.17) is 0 Å². The average Bonchev–Trinajstić information content (AvgIpc) is 2.33. The summed E-state index contributed by atoms with van der Waals surface area (Å²) in [4.78, 5) is 2.43. The van der Waals surface area contributed by atoms with Crippen LogP contribution < -0.4 is 15.8 Å². The first-order chi connectivity index (χ1) is 8.91. The monoisotopic (exact) mass is 249 g/mol. The molecule has 0 N–H and O–H groups in total. The van der Waals surface area contributed by atoms with Gasteiger partial charge in [-0.1, -0.05) is 47.3 Å². The van der Waals surface area contributed by atoms with Gasteiger partial charge in [-0.05, 0) is 32.9 Å². The van der Waals surface area contributed by atoms with Crippen molar-refractivity contribution in [1.29, 1.82) is 0 Å². The van der Waals surface area contributed by atoms with E-state index in [0.29, 0.717) is 0 Å². The van der Waals surface area contributed by atoms with Crippen molar-refractivity contribution in [2.24, 2.45) is 0 Å². The number of benzene rings is 2. The maximum Gasteiger partial charge on any atom is 0.142 e. The van der Waals surface area contributed by atoms with Crippen molar-refractivity contribution >= 4 is 38.0 Å². The average molecular weight is 249 g/mol. The van der Waals surface area contributed by atoms with Crippen LogP contribution in [0.2, 0.25) is 0 Å². The smallest absolute Gasteiger partial charge is 0.142 e. The second kappa shape index (κ2) is 5.16. The molecule has 3 heteroatoms. The standard InChI is InChI=1S/C16H21B2N/c1-16(2,3)19(14-10-6-4-8-12(14)17)15-11-7-5-9-13(15)18/h4-11H,17-18H2,1-3H3. The highest BCUT2D eigenvalue weighted by atomic mass is 15.2. The van der Waals surface area contributed by atoms with Crippen LogP contribution in [0.4, 0.5) is 11.4 Å². The van der Waals surface area contributed by atoms with Crippen LogP contribution in [-0.4, -0.2) is 21.2 Å². The Hall–Kier alpha value is -1.63. The summed E-state index contributed by atoms with van der Waals surface area (Å²) in [7, 11) is 4.35. The number of hydrogen-bond acceptors (Lipinski definition) is 1. The van der Waals surface area contributed by atoms with Crippen LogP contribution in [0.15, 0.2) is 48.5 Å². The van der Waals surface area contributed by atoms with Gasteiger partial charge in [0, 0.05) is 16.9 Å². The molecule has 0 saturated carbocycles. The van der Waals surface area contributed by atoms with Gasteiger partial charge in [-0.15, -0.1) is 0 Å². The summed E-state index contributed by atoms with van der Waals surface area (Å²) in [6, 6.07) is 17.2. The number of nitrogens with zero attached hydrogens (tertiary/aromatic N) is 1. The Bertz CT molecular complexity index is 527. The predicted octanol–water partition coefficient (Wildman–Crippen LogP) is 1.14. The molecule has 0 atom stereocenters. The second-order valence-corrected chi connectivity index (χ2v) is 6.08. The summed E-state index contributed by atoms with van der Waals surface area (Å²) in [6.07, 6.45) is 0. The largest absolute Gasteiger partial charge is 0.337 e. The molecule has 2 aromatic rings. The van der Waals surface area contributed by atoms with E-state index in [0.717, 1.165) is 0 Å². The van der Waals surface area contributed by atoms with Crippen LogP contribution in [0.5, 0.6) is 0 Å². The van der Waals surface area contributed by atoms with E-state index in [-0.39, 0.29) is 5.54 Å². The fourth-order valence-electron chi connectivity index (χ4n) is 2.48. The van der Waals surface area contributed by atoms with Crippen molar-refractivity contribution in [3.05, 3.63) is 48.5 Å². The molecule has 0 aliphatic heterocycles. The lowest BCUT2D eigenvalue weighted by atomic mass is 9.88. The zero-order chi connectivity index (χ0) is 14.0. The van der Waals surface area contributed by atoms with E-state index in [1.165, 1.54) is 22.3 Å². The van der Waals surface area contributed by atoms with Crippen LogP contribution in [0, 0.1) is 0 Å². The predicted molar refractivity (Wildman–Crippen MR) is 91.1 cm³/mol. The fraction of sp³-hybridized carbons (Fsp3) is 0.250. The fourth-order valence-corrected chi connectivity index (χ4v) is 2.48. The molecule has 0 unspecified atom stereocenters. The summed E-state index contributed by atoms with van der Waals surface area (Å²) < 4.78 is 0. The Morgan fingerprint density at radius 2 is 1.11 bits per heavy atom. The molecule has 19 heavy (non-hydrogen) atoms. The Morgan fingerprint density at radius 1 is 0.737 bits per heavy atom. The number of hydrogen-bond donors (Lipinski definition) is 0. The Balaban J connectivity index is 2.62. The van der Waals surface area contributed by atoms with E-state index >= 15 is 0 Å². The third kappa shape index (κ3) is 2.86. The molecule has 0 saturated heterocycles. The first-order valence-electron chi connectivity index (χ1n) is 6.83. The van der Waals surface area contributed by atoms with Crippen LogP contribution >= 0.6 is 0 Å². The first kappa shape index (κ1) is 13.8. The molecular weight excluding hydrogens is 228 g/mol. The number of anilines is 2. The van der Waals surface area contributed by atoms with Crippen molar-refractivity contribution in [1.82, 2.24) is 0 Å². The van der Waals surface area contributed by atoms with E-state index in [2.05, 4.69) is 89.9 Å². The molecule has 0 spiro atoms. The molecule has 2 rings (SSSR count). The normalized spacial score (nSPS) is 11.3. The van der Waals surface area contributed by atoms with Gasteiger partial charge in [-0.2, -0.15) is 0 Å². The van der Waals surface area contributed by atoms with E-state index in [1.807, 2.05) is 0 Å².